The fraction of sp³-hybridized carbons (Fsp3) is 0.111. The average Bonchev–Trinajstić information content (AvgIpc) is 3.24. The number of carbonyl (C=O) groups is 2. The molecule has 1 unspecified atom stereocenters. The lowest BCUT2D eigenvalue weighted by atomic mass is 10.0. The largest absolute Gasteiger partial charge is 0.370 e. The zero-order valence-electron chi connectivity index (χ0n) is 18.0. The number of nitrogens with one attached hydrogen (secondary N) is 1. The van der Waals surface area contributed by atoms with Crippen molar-refractivity contribution < 1.29 is 9.59 Å². The van der Waals surface area contributed by atoms with Crippen LogP contribution in [0.15, 0.2) is 91.1 Å². The van der Waals surface area contributed by atoms with Crippen molar-refractivity contribution in [2.24, 2.45) is 0 Å². The third-order valence-corrected chi connectivity index (χ3v) is 6.36. The molecule has 2 heterocycles. The van der Waals surface area contributed by atoms with E-state index in [-0.39, 0.29) is 11.7 Å². The zero-order valence-corrected chi connectivity index (χ0v) is 18.8. The first kappa shape index (κ1) is 21.0. The average molecular weight is 456 g/mol. The maximum absolute atomic E-state index is 13.5. The second-order valence-electron chi connectivity index (χ2n) is 8.05. The van der Waals surface area contributed by atoms with Crippen molar-refractivity contribution in [3.8, 4) is 0 Å². The first-order valence-electron chi connectivity index (χ1n) is 10.7. The van der Waals surface area contributed by atoms with Gasteiger partial charge in [-0.2, -0.15) is 0 Å². The van der Waals surface area contributed by atoms with Crippen LogP contribution in [-0.4, -0.2) is 23.3 Å². The highest BCUT2D eigenvalue weighted by Crippen LogP contribution is 2.31. The fourth-order valence-electron chi connectivity index (χ4n) is 4.19. The summed E-state index contributed by atoms with van der Waals surface area (Å²) in [7, 11) is 1.69. The van der Waals surface area contributed by atoms with Crippen molar-refractivity contribution in [2.75, 3.05) is 17.3 Å². The van der Waals surface area contributed by atoms with Crippen molar-refractivity contribution >= 4 is 34.7 Å². The molecule has 0 radical (unpaired) electrons. The number of nitrogens with zero attached hydrogens (tertiary/aromatic N) is 2. The third-order valence-electron chi connectivity index (χ3n) is 6.03. The van der Waals surface area contributed by atoms with Crippen molar-refractivity contribution in [1.29, 1.82) is 0 Å². The Kier molecular flexibility index (Phi) is 5.48. The molecule has 1 aliphatic rings. The highest BCUT2D eigenvalue weighted by atomic mass is 35.5. The van der Waals surface area contributed by atoms with E-state index in [1.807, 2.05) is 36.5 Å². The van der Waals surface area contributed by atoms with Crippen LogP contribution >= 0.6 is 11.6 Å². The molecule has 33 heavy (non-hydrogen) atoms. The van der Waals surface area contributed by atoms with E-state index in [1.54, 1.807) is 55.6 Å². The van der Waals surface area contributed by atoms with E-state index in [1.165, 1.54) is 4.90 Å². The smallest absolute Gasteiger partial charge is 0.259 e. The number of amides is 1. The van der Waals surface area contributed by atoms with E-state index in [0.717, 1.165) is 16.9 Å². The van der Waals surface area contributed by atoms with Crippen molar-refractivity contribution in [1.82, 2.24) is 4.57 Å². The molecule has 0 saturated carbocycles. The monoisotopic (exact) mass is 455 g/mol. The lowest BCUT2D eigenvalue weighted by molar-refractivity contribution is 0.0966. The van der Waals surface area contributed by atoms with Crippen LogP contribution in [0.5, 0.6) is 0 Å². The second-order valence-corrected chi connectivity index (χ2v) is 8.46. The van der Waals surface area contributed by atoms with E-state index < -0.39 is 6.04 Å². The van der Waals surface area contributed by atoms with E-state index in [2.05, 4.69) is 16.0 Å². The maximum Gasteiger partial charge on any atom is 0.259 e. The maximum atomic E-state index is 13.5. The van der Waals surface area contributed by atoms with Crippen LogP contribution in [-0.2, 0) is 6.54 Å². The Bertz CT molecular complexity index is 1340. The summed E-state index contributed by atoms with van der Waals surface area (Å²) < 4.78 is 2.10. The van der Waals surface area contributed by atoms with Gasteiger partial charge in [0.2, 0.25) is 0 Å². The van der Waals surface area contributed by atoms with Crippen LogP contribution in [0.2, 0.25) is 5.02 Å². The minimum Gasteiger partial charge on any atom is -0.370 e. The van der Waals surface area contributed by atoms with Gasteiger partial charge in [0.25, 0.3) is 5.91 Å². The lowest BCUT2D eigenvalue weighted by Crippen LogP contribution is -2.26. The van der Waals surface area contributed by atoms with E-state index in [4.69, 9.17) is 11.6 Å². The number of hydrogen-bond acceptors (Lipinski definition) is 3. The number of hydrogen-bond donors (Lipinski definition) is 1. The molecular weight excluding hydrogens is 434 g/mol. The van der Waals surface area contributed by atoms with Gasteiger partial charge in [-0.05, 0) is 60.2 Å². The van der Waals surface area contributed by atoms with Gasteiger partial charge in [-0.1, -0.05) is 41.9 Å². The normalized spacial score (nSPS) is 14.4. The van der Waals surface area contributed by atoms with E-state index in [0.29, 0.717) is 28.4 Å². The minimum absolute atomic E-state index is 0.0294. The number of ketones is 1. The summed E-state index contributed by atoms with van der Waals surface area (Å²) in [6, 6.07) is 25.5. The Labute approximate surface area is 197 Å². The fourth-order valence-corrected chi connectivity index (χ4v) is 4.41. The van der Waals surface area contributed by atoms with Crippen molar-refractivity contribution in [2.45, 2.75) is 12.6 Å². The van der Waals surface area contributed by atoms with Crippen LogP contribution in [0.25, 0.3) is 0 Å². The lowest BCUT2D eigenvalue weighted by Gasteiger charge is -2.20. The van der Waals surface area contributed by atoms with Gasteiger partial charge in [-0.3, -0.25) is 9.59 Å². The molecule has 0 bridgehead atoms. The summed E-state index contributed by atoms with van der Waals surface area (Å²) in [6.45, 7) is 0.711. The van der Waals surface area contributed by atoms with Gasteiger partial charge in [0, 0.05) is 42.4 Å². The summed E-state index contributed by atoms with van der Waals surface area (Å²) in [4.78, 5) is 27.9. The Morgan fingerprint density at radius 1 is 0.939 bits per heavy atom. The second kappa shape index (κ2) is 8.60. The van der Waals surface area contributed by atoms with Crippen molar-refractivity contribution in [3.63, 3.8) is 0 Å². The van der Waals surface area contributed by atoms with Crippen LogP contribution in [0.4, 0.5) is 11.4 Å². The Hall–Kier alpha value is -3.83. The molecule has 1 aromatic heterocycles. The molecule has 3 aromatic carbocycles. The van der Waals surface area contributed by atoms with Gasteiger partial charge in [-0.25, -0.2) is 0 Å². The zero-order chi connectivity index (χ0) is 22.9. The molecule has 0 fully saturated rings. The number of halogens is 1. The standard InChI is InChI=1S/C27H22ClN3O2/c1-30(27(33)21-8-3-4-9-22(21)28)20-14-12-18(13-15-20)26(32)25-24-11-6-16-31(24)17-19-7-2-5-10-23(19)29-25/h2-16,25,29H,17H2,1H3. The van der Waals surface area contributed by atoms with Gasteiger partial charge in [0.1, 0.15) is 6.04 Å². The topological polar surface area (TPSA) is 54.3 Å². The molecule has 1 N–H and O–H groups in total. The molecule has 5 rings (SSSR count). The number of para-hydroxylation sites is 1. The van der Waals surface area contributed by atoms with Gasteiger partial charge in [-0.15, -0.1) is 0 Å². The van der Waals surface area contributed by atoms with Gasteiger partial charge >= 0.3 is 0 Å². The summed E-state index contributed by atoms with van der Waals surface area (Å²) in [5, 5.41) is 3.84. The SMILES string of the molecule is CN(C(=O)c1ccccc1Cl)c1ccc(C(=O)C2Nc3ccccc3Cn3cccc32)cc1. The Morgan fingerprint density at radius 2 is 1.67 bits per heavy atom. The van der Waals surface area contributed by atoms with Gasteiger partial charge in [0.15, 0.2) is 5.78 Å². The predicted molar refractivity (Wildman–Crippen MR) is 131 cm³/mol. The van der Waals surface area contributed by atoms with Gasteiger partial charge in [0.05, 0.1) is 10.6 Å². The van der Waals surface area contributed by atoms with Crippen LogP contribution in [0, 0.1) is 0 Å². The molecular formula is C27H22ClN3O2. The molecule has 4 aromatic rings. The number of aromatic nitrogens is 1. The number of anilines is 2. The predicted octanol–water partition coefficient (Wildman–Crippen LogP) is 5.82. The quantitative estimate of drug-likeness (QED) is 0.395. The highest BCUT2D eigenvalue weighted by Gasteiger charge is 2.28. The molecule has 5 nitrogen and oxygen atoms in total. The number of carbonyl (C=O) groups excluding carboxylic acids is 2. The molecule has 1 atom stereocenters. The number of fused-ring (bicyclic) bond motifs is 2. The number of Topliss-reactive ketones (excluding diaryl/α,β-unsaturated/α-hetero) is 1. The Morgan fingerprint density at radius 3 is 2.45 bits per heavy atom. The first-order chi connectivity index (χ1) is 16.0. The molecule has 164 valence electrons. The first-order valence-corrected chi connectivity index (χ1v) is 11.1. The van der Waals surface area contributed by atoms with Crippen molar-refractivity contribution in [3.05, 3.63) is 119 Å². The third kappa shape index (κ3) is 3.92. The molecule has 0 aliphatic carbocycles. The Balaban J connectivity index is 1.41. The summed E-state index contributed by atoms with van der Waals surface area (Å²) in [5.41, 5.74) is 4.71. The molecule has 1 aliphatic heterocycles. The minimum atomic E-state index is -0.503. The highest BCUT2D eigenvalue weighted by molar-refractivity contribution is 6.34. The molecule has 1 amide bonds. The van der Waals surface area contributed by atoms with E-state index >= 15 is 0 Å². The summed E-state index contributed by atoms with van der Waals surface area (Å²) in [6.07, 6.45) is 2.00. The number of benzene rings is 3. The van der Waals surface area contributed by atoms with E-state index in [9.17, 15) is 9.59 Å². The molecule has 6 heteroatoms. The summed E-state index contributed by atoms with van der Waals surface area (Å²) in [5.74, 6) is -0.238. The summed E-state index contributed by atoms with van der Waals surface area (Å²) >= 11 is 6.18. The number of rotatable bonds is 4. The molecule has 0 spiro atoms. The van der Waals surface area contributed by atoms with Gasteiger partial charge < -0.3 is 14.8 Å². The van der Waals surface area contributed by atoms with Crippen LogP contribution in [0.1, 0.15) is 38.0 Å². The molecule has 0 saturated heterocycles. The van der Waals surface area contributed by atoms with Crippen LogP contribution < -0.4 is 10.2 Å². The van der Waals surface area contributed by atoms with Crippen LogP contribution in [0.3, 0.4) is 0 Å².